The van der Waals surface area contributed by atoms with Crippen molar-refractivity contribution in [3.05, 3.63) is 69.4 Å². The molecule has 0 fully saturated rings. The molecule has 4 rings (SSSR count). The highest BCUT2D eigenvalue weighted by molar-refractivity contribution is 6.06. The average molecular weight is 437 g/mol. The number of benzene rings is 2. The third kappa shape index (κ3) is 3.69. The fraction of sp³-hybridized carbons (Fsp3) is 0.200. The van der Waals surface area contributed by atoms with E-state index in [1.165, 1.54) is 31.0 Å². The van der Waals surface area contributed by atoms with Gasteiger partial charge in [0.1, 0.15) is 17.5 Å². The van der Waals surface area contributed by atoms with Gasteiger partial charge >= 0.3 is 0 Å². The molecule has 0 aliphatic carbocycles. The number of rotatable bonds is 6. The molecule has 12 nitrogen and oxygen atoms in total. The number of ether oxygens (including phenoxy) is 2. The summed E-state index contributed by atoms with van der Waals surface area (Å²) in [6.45, 7) is 1.71. The average Bonchev–Trinajstić information content (AvgIpc) is 3.25. The van der Waals surface area contributed by atoms with Crippen molar-refractivity contribution in [2.75, 3.05) is 24.9 Å². The molecule has 3 aromatic rings. The first-order valence-corrected chi connectivity index (χ1v) is 9.46. The number of tetrazole rings is 1. The number of nitro benzene ring substituents is 1. The lowest BCUT2D eigenvalue weighted by Gasteiger charge is -2.28. The molecule has 1 amide bonds. The van der Waals surface area contributed by atoms with Crippen LogP contribution in [0, 0.1) is 10.1 Å². The Morgan fingerprint density at radius 3 is 2.75 bits per heavy atom. The van der Waals surface area contributed by atoms with E-state index in [2.05, 4.69) is 26.2 Å². The molecule has 0 radical (unpaired) electrons. The van der Waals surface area contributed by atoms with Crippen molar-refractivity contribution >= 4 is 23.2 Å². The van der Waals surface area contributed by atoms with Crippen LogP contribution in [0.15, 0.2) is 53.7 Å². The van der Waals surface area contributed by atoms with Gasteiger partial charge in [-0.2, -0.15) is 4.68 Å². The number of carbonyl (C=O) groups is 1. The number of methoxy groups -OCH3 is 2. The normalized spacial score (nSPS) is 14.9. The Kier molecular flexibility index (Phi) is 5.41. The zero-order valence-corrected chi connectivity index (χ0v) is 17.4. The quantitative estimate of drug-likeness (QED) is 0.438. The molecular formula is C20H19N7O5. The smallest absolute Gasteiger partial charge is 0.269 e. The topological polar surface area (TPSA) is 146 Å². The number of nitrogens with one attached hydrogen (secondary N) is 2. The number of hydrogen-bond donors (Lipinski definition) is 2. The second kappa shape index (κ2) is 8.34. The summed E-state index contributed by atoms with van der Waals surface area (Å²) in [5.41, 5.74) is 1.56. The number of amides is 1. The van der Waals surface area contributed by atoms with Gasteiger partial charge in [0.2, 0.25) is 5.95 Å². The van der Waals surface area contributed by atoms with E-state index in [1.54, 1.807) is 37.3 Å². The minimum Gasteiger partial charge on any atom is -0.497 e. The summed E-state index contributed by atoms with van der Waals surface area (Å²) in [6, 6.07) is 10.2. The molecule has 32 heavy (non-hydrogen) atoms. The zero-order valence-electron chi connectivity index (χ0n) is 17.4. The van der Waals surface area contributed by atoms with E-state index in [0.717, 1.165) is 0 Å². The number of anilines is 2. The van der Waals surface area contributed by atoms with Crippen molar-refractivity contribution in [3.8, 4) is 11.5 Å². The fourth-order valence-corrected chi connectivity index (χ4v) is 3.52. The Balaban J connectivity index is 1.78. The number of fused-ring (bicyclic) bond motifs is 1. The van der Waals surface area contributed by atoms with Crippen LogP contribution in [-0.4, -0.2) is 45.3 Å². The van der Waals surface area contributed by atoms with Crippen LogP contribution in [-0.2, 0) is 4.79 Å². The van der Waals surface area contributed by atoms with Crippen LogP contribution < -0.4 is 20.1 Å². The molecule has 0 spiro atoms. The number of hydrogen-bond acceptors (Lipinski definition) is 9. The summed E-state index contributed by atoms with van der Waals surface area (Å²) in [6.07, 6.45) is 0. The second-order valence-electron chi connectivity index (χ2n) is 6.89. The van der Waals surface area contributed by atoms with Crippen molar-refractivity contribution in [1.82, 2.24) is 20.2 Å². The Labute approximate surface area is 182 Å². The van der Waals surface area contributed by atoms with E-state index < -0.39 is 16.9 Å². The molecule has 1 aromatic heterocycles. The lowest BCUT2D eigenvalue weighted by Crippen LogP contribution is -2.31. The van der Waals surface area contributed by atoms with E-state index in [1.807, 2.05) is 0 Å². The minimum atomic E-state index is -0.794. The highest BCUT2D eigenvalue weighted by atomic mass is 16.6. The maximum atomic E-state index is 13.5. The standard InChI is InChI=1S/C20H19N7O5/c1-11-17(19(28)22-15-10-14(31-2)7-8-16(15)32-3)18(26-20(21-11)23-24-25-26)12-5-4-6-13(9-12)27(29)30/h4-10,18H,1-3H3,(H,22,28)(H,21,23,25)/t18-/m1/s1. The summed E-state index contributed by atoms with van der Waals surface area (Å²) >= 11 is 0. The Morgan fingerprint density at radius 1 is 1.22 bits per heavy atom. The van der Waals surface area contributed by atoms with Gasteiger partial charge in [0.15, 0.2) is 0 Å². The second-order valence-corrected chi connectivity index (χ2v) is 6.89. The van der Waals surface area contributed by atoms with Crippen molar-refractivity contribution in [2.24, 2.45) is 0 Å². The summed E-state index contributed by atoms with van der Waals surface area (Å²) in [7, 11) is 3.01. The summed E-state index contributed by atoms with van der Waals surface area (Å²) in [4.78, 5) is 24.3. The number of aromatic nitrogens is 4. The van der Waals surface area contributed by atoms with Gasteiger partial charge in [-0.1, -0.05) is 17.2 Å². The lowest BCUT2D eigenvalue weighted by atomic mass is 9.94. The van der Waals surface area contributed by atoms with Crippen LogP contribution in [0.4, 0.5) is 17.3 Å². The highest BCUT2D eigenvalue weighted by Crippen LogP contribution is 2.37. The first-order chi connectivity index (χ1) is 15.4. The largest absolute Gasteiger partial charge is 0.497 e. The molecule has 0 saturated heterocycles. The molecule has 0 bridgehead atoms. The first-order valence-electron chi connectivity index (χ1n) is 9.46. The van der Waals surface area contributed by atoms with Crippen molar-refractivity contribution < 1.29 is 19.2 Å². The summed E-state index contributed by atoms with van der Waals surface area (Å²) < 4.78 is 12.0. The number of non-ortho nitro benzene ring substituents is 1. The van der Waals surface area contributed by atoms with Crippen molar-refractivity contribution in [2.45, 2.75) is 13.0 Å². The predicted octanol–water partition coefficient (Wildman–Crippen LogP) is 2.53. The third-order valence-electron chi connectivity index (χ3n) is 5.01. The number of carbonyl (C=O) groups excluding carboxylic acids is 1. The van der Waals surface area contributed by atoms with E-state index in [0.29, 0.717) is 34.4 Å². The molecule has 1 aliphatic rings. The number of nitrogens with zero attached hydrogens (tertiary/aromatic N) is 5. The first kappa shape index (κ1) is 20.8. The maximum absolute atomic E-state index is 13.5. The van der Waals surface area contributed by atoms with Crippen LogP contribution in [0.25, 0.3) is 0 Å². The fourth-order valence-electron chi connectivity index (χ4n) is 3.52. The van der Waals surface area contributed by atoms with Crippen LogP contribution >= 0.6 is 0 Å². The van der Waals surface area contributed by atoms with Crippen LogP contribution in [0.2, 0.25) is 0 Å². The van der Waals surface area contributed by atoms with Crippen LogP contribution in [0.1, 0.15) is 18.5 Å². The highest BCUT2D eigenvalue weighted by Gasteiger charge is 2.35. The van der Waals surface area contributed by atoms with Gasteiger partial charge in [-0.15, -0.1) is 0 Å². The molecule has 1 atom stereocenters. The van der Waals surface area contributed by atoms with E-state index in [4.69, 9.17) is 9.47 Å². The van der Waals surface area contributed by atoms with Crippen LogP contribution in [0.3, 0.4) is 0 Å². The summed E-state index contributed by atoms with van der Waals surface area (Å²) in [5.74, 6) is 0.830. The molecule has 12 heteroatoms. The van der Waals surface area contributed by atoms with Gasteiger partial charge in [0.05, 0.1) is 30.4 Å². The summed E-state index contributed by atoms with van der Waals surface area (Å²) in [5, 5.41) is 28.7. The van der Waals surface area contributed by atoms with E-state index in [9.17, 15) is 14.9 Å². The maximum Gasteiger partial charge on any atom is 0.269 e. The molecule has 1 aliphatic heterocycles. The van der Waals surface area contributed by atoms with Crippen molar-refractivity contribution in [1.29, 1.82) is 0 Å². The van der Waals surface area contributed by atoms with Gasteiger partial charge < -0.3 is 20.1 Å². The van der Waals surface area contributed by atoms with E-state index in [-0.39, 0.29) is 11.3 Å². The Morgan fingerprint density at radius 2 is 2.03 bits per heavy atom. The Hall–Kier alpha value is -4.48. The minimum absolute atomic E-state index is 0.109. The SMILES string of the molecule is COc1ccc(OC)c(NC(=O)C2=C(C)Nc3nnnn3[C@@H]2c2cccc([N+](=O)[O-])c2)c1. The predicted molar refractivity (Wildman–Crippen MR) is 114 cm³/mol. The molecule has 2 heterocycles. The van der Waals surface area contributed by atoms with Crippen LogP contribution in [0.5, 0.6) is 11.5 Å². The van der Waals surface area contributed by atoms with Gasteiger partial charge in [0, 0.05) is 23.9 Å². The molecule has 2 aromatic carbocycles. The van der Waals surface area contributed by atoms with Gasteiger partial charge in [-0.3, -0.25) is 14.9 Å². The molecule has 2 N–H and O–H groups in total. The monoisotopic (exact) mass is 437 g/mol. The molecule has 164 valence electrons. The molecular weight excluding hydrogens is 418 g/mol. The van der Waals surface area contributed by atoms with Gasteiger partial charge in [0.25, 0.3) is 11.6 Å². The number of allylic oxidation sites excluding steroid dienone is 1. The van der Waals surface area contributed by atoms with Crippen molar-refractivity contribution in [3.63, 3.8) is 0 Å². The lowest BCUT2D eigenvalue weighted by molar-refractivity contribution is -0.384. The third-order valence-corrected chi connectivity index (χ3v) is 5.01. The molecule has 0 saturated carbocycles. The zero-order chi connectivity index (χ0) is 22.8. The number of nitro groups is 1. The molecule has 0 unspecified atom stereocenters. The van der Waals surface area contributed by atoms with E-state index >= 15 is 0 Å². The Bertz CT molecular complexity index is 1240. The van der Waals surface area contributed by atoms with Gasteiger partial charge in [-0.05, 0) is 35.0 Å². The van der Waals surface area contributed by atoms with Gasteiger partial charge in [-0.25, -0.2) is 0 Å².